The van der Waals surface area contributed by atoms with Crippen molar-refractivity contribution in [1.82, 2.24) is 4.98 Å². The zero-order chi connectivity index (χ0) is 20.6. The Kier molecular flexibility index (Phi) is 4.14. The Morgan fingerprint density at radius 3 is 2.06 bits per heavy atom. The lowest BCUT2D eigenvalue weighted by molar-refractivity contribution is 1.45. The maximum atomic E-state index is 5.00. The predicted octanol–water partition coefficient (Wildman–Crippen LogP) is 7.51. The zero-order valence-corrected chi connectivity index (χ0v) is 16.9. The molecule has 0 bridgehead atoms. The lowest BCUT2D eigenvalue weighted by Crippen LogP contribution is -1.99. The largest absolute Gasteiger partial charge is 0.354 e. The van der Waals surface area contributed by atoms with Crippen LogP contribution in [-0.2, 0) is 0 Å². The summed E-state index contributed by atoms with van der Waals surface area (Å²) in [5, 5.41) is 1.21. The van der Waals surface area contributed by atoms with E-state index in [0.717, 1.165) is 33.7 Å². The van der Waals surface area contributed by atoms with Gasteiger partial charge < -0.3 is 4.98 Å². The van der Waals surface area contributed by atoms with E-state index in [0.29, 0.717) is 0 Å². The van der Waals surface area contributed by atoms with Crippen LogP contribution in [0.2, 0.25) is 0 Å². The number of H-pyrrole nitrogens is 1. The monoisotopic (exact) mass is 396 g/mol. The number of aromatic amines is 1. The van der Waals surface area contributed by atoms with Crippen LogP contribution in [0.25, 0.3) is 33.8 Å². The molecule has 0 fully saturated rings. The van der Waals surface area contributed by atoms with Gasteiger partial charge in [0, 0.05) is 33.2 Å². The Morgan fingerprint density at radius 2 is 1.26 bits per heavy atom. The summed E-state index contributed by atoms with van der Waals surface area (Å²) in [5.41, 5.74) is 10.1. The second-order valence-corrected chi connectivity index (χ2v) is 7.73. The molecule has 0 atom stereocenters. The molecule has 0 amide bonds. The maximum absolute atomic E-state index is 5.00. The summed E-state index contributed by atoms with van der Waals surface area (Å²) in [5.74, 6) is 0. The standard InChI is InChI=1S/C29H20N2/c1-3-11-20(12-4-1)28-24(22-15-7-9-17-26(22)30-28)19-25-23-16-8-10-18-27(23)31-29(25)21-13-5-2-6-14-21/h1-19,30H. The van der Waals surface area contributed by atoms with Gasteiger partial charge in [-0.25, -0.2) is 4.99 Å². The van der Waals surface area contributed by atoms with Crippen molar-refractivity contribution >= 4 is 34.0 Å². The molecule has 2 nitrogen and oxygen atoms in total. The van der Waals surface area contributed by atoms with Crippen molar-refractivity contribution in [3.63, 3.8) is 0 Å². The number of benzene rings is 4. The molecule has 2 heterocycles. The molecule has 1 aliphatic rings. The molecule has 0 saturated heterocycles. The number of hydrogen-bond donors (Lipinski definition) is 1. The van der Waals surface area contributed by atoms with Crippen LogP contribution in [0, 0.1) is 0 Å². The van der Waals surface area contributed by atoms with E-state index in [1.165, 1.54) is 22.1 Å². The third-order valence-corrected chi connectivity index (χ3v) is 5.83. The molecule has 6 rings (SSSR count). The highest BCUT2D eigenvalue weighted by molar-refractivity contribution is 6.39. The summed E-state index contributed by atoms with van der Waals surface area (Å²) in [4.78, 5) is 8.65. The Labute approximate surface area is 181 Å². The fourth-order valence-corrected chi connectivity index (χ4v) is 4.36. The summed E-state index contributed by atoms with van der Waals surface area (Å²) >= 11 is 0. The lowest BCUT2D eigenvalue weighted by Gasteiger charge is -2.08. The Bertz CT molecular complexity index is 1450. The third-order valence-electron chi connectivity index (χ3n) is 5.83. The van der Waals surface area contributed by atoms with Crippen LogP contribution >= 0.6 is 0 Å². The van der Waals surface area contributed by atoms with E-state index in [1.807, 2.05) is 6.07 Å². The number of allylic oxidation sites excluding steroid dienone is 1. The molecule has 0 aliphatic carbocycles. The van der Waals surface area contributed by atoms with E-state index in [9.17, 15) is 0 Å². The molecule has 5 aromatic rings. The number of para-hydroxylation sites is 2. The van der Waals surface area contributed by atoms with Crippen LogP contribution in [0.4, 0.5) is 5.69 Å². The number of aliphatic imine (C=N–C) groups is 1. The van der Waals surface area contributed by atoms with Crippen LogP contribution in [0.15, 0.2) is 114 Å². The number of nitrogens with zero attached hydrogens (tertiary/aromatic N) is 1. The smallest absolute Gasteiger partial charge is 0.0788 e. The van der Waals surface area contributed by atoms with Gasteiger partial charge in [-0.2, -0.15) is 0 Å². The Balaban J connectivity index is 1.63. The van der Waals surface area contributed by atoms with Crippen LogP contribution < -0.4 is 0 Å². The van der Waals surface area contributed by atoms with Crippen LogP contribution in [0.3, 0.4) is 0 Å². The Morgan fingerprint density at radius 1 is 0.613 bits per heavy atom. The normalized spacial score (nSPS) is 14.1. The third kappa shape index (κ3) is 3.01. The number of hydrogen-bond acceptors (Lipinski definition) is 1. The van der Waals surface area contributed by atoms with E-state index >= 15 is 0 Å². The van der Waals surface area contributed by atoms with Crippen molar-refractivity contribution in [2.75, 3.05) is 0 Å². The summed E-state index contributed by atoms with van der Waals surface area (Å²) in [6, 6.07) is 37.9. The summed E-state index contributed by atoms with van der Waals surface area (Å²) in [6.45, 7) is 0. The number of fused-ring (bicyclic) bond motifs is 2. The lowest BCUT2D eigenvalue weighted by atomic mass is 9.94. The second kappa shape index (κ2) is 7.26. The van der Waals surface area contributed by atoms with Gasteiger partial charge in [0.25, 0.3) is 0 Å². The van der Waals surface area contributed by atoms with E-state index in [4.69, 9.17) is 4.99 Å². The van der Waals surface area contributed by atoms with Crippen LogP contribution in [-0.4, -0.2) is 10.7 Å². The molecule has 31 heavy (non-hydrogen) atoms. The van der Waals surface area contributed by atoms with E-state index in [1.54, 1.807) is 0 Å². The molecule has 4 aromatic carbocycles. The van der Waals surface area contributed by atoms with Gasteiger partial charge in [0.05, 0.1) is 17.1 Å². The fourth-order valence-electron chi connectivity index (χ4n) is 4.36. The predicted molar refractivity (Wildman–Crippen MR) is 131 cm³/mol. The van der Waals surface area contributed by atoms with E-state index in [2.05, 4.69) is 114 Å². The summed E-state index contributed by atoms with van der Waals surface area (Å²) in [6.07, 6.45) is 2.30. The van der Waals surface area contributed by atoms with Gasteiger partial charge in [-0.05, 0) is 23.8 Å². The van der Waals surface area contributed by atoms with Crippen molar-refractivity contribution < 1.29 is 0 Å². The van der Waals surface area contributed by atoms with E-state index in [-0.39, 0.29) is 0 Å². The van der Waals surface area contributed by atoms with Crippen molar-refractivity contribution in [2.24, 2.45) is 4.99 Å². The highest BCUT2D eigenvalue weighted by Crippen LogP contribution is 2.40. The highest BCUT2D eigenvalue weighted by Gasteiger charge is 2.23. The first-order valence-corrected chi connectivity index (χ1v) is 10.5. The zero-order valence-electron chi connectivity index (χ0n) is 16.9. The fraction of sp³-hybridized carbons (Fsp3) is 0. The summed E-state index contributed by atoms with van der Waals surface area (Å²) < 4.78 is 0. The topological polar surface area (TPSA) is 28.1 Å². The van der Waals surface area contributed by atoms with Crippen LogP contribution in [0.5, 0.6) is 0 Å². The van der Waals surface area contributed by atoms with Gasteiger partial charge in [0.15, 0.2) is 0 Å². The second-order valence-electron chi connectivity index (χ2n) is 7.73. The van der Waals surface area contributed by atoms with Gasteiger partial charge >= 0.3 is 0 Å². The molecule has 1 aliphatic heterocycles. The number of nitrogens with one attached hydrogen (secondary N) is 1. The summed E-state index contributed by atoms with van der Waals surface area (Å²) in [7, 11) is 0. The first-order valence-electron chi connectivity index (χ1n) is 10.5. The molecular formula is C29H20N2. The molecule has 0 unspecified atom stereocenters. The first-order chi connectivity index (χ1) is 15.4. The minimum absolute atomic E-state index is 1.02. The molecule has 2 heteroatoms. The molecule has 0 radical (unpaired) electrons. The molecule has 1 N–H and O–H groups in total. The number of aromatic nitrogens is 1. The van der Waals surface area contributed by atoms with Crippen molar-refractivity contribution in [1.29, 1.82) is 0 Å². The molecule has 146 valence electrons. The van der Waals surface area contributed by atoms with Gasteiger partial charge in [-0.3, -0.25) is 0 Å². The maximum Gasteiger partial charge on any atom is 0.0788 e. The Hall–Kier alpha value is -4.17. The SMILES string of the molecule is C(=C1C(c2ccccc2)=Nc2ccccc21)c1c(-c2ccccc2)[nH]c2ccccc12. The molecular weight excluding hydrogens is 376 g/mol. The van der Waals surface area contributed by atoms with E-state index < -0.39 is 0 Å². The molecule has 0 saturated carbocycles. The number of rotatable bonds is 3. The van der Waals surface area contributed by atoms with Gasteiger partial charge in [-0.1, -0.05) is 97.1 Å². The van der Waals surface area contributed by atoms with Gasteiger partial charge in [0.2, 0.25) is 0 Å². The molecule has 0 spiro atoms. The highest BCUT2D eigenvalue weighted by atomic mass is 14.8. The average molecular weight is 396 g/mol. The van der Waals surface area contributed by atoms with Gasteiger partial charge in [-0.15, -0.1) is 0 Å². The van der Waals surface area contributed by atoms with Crippen molar-refractivity contribution in [3.8, 4) is 11.3 Å². The molecule has 1 aromatic heterocycles. The minimum Gasteiger partial charge on any atom is -0.354 e. The minimum atomic E-state index is 1.02. The van der Waals surface area contributed by atoms with Crippen molar-refractivity contribution in [2.45, 2.75) is 0 Å². The van der Waals surface area contributed by atoms with Gasteiger partial charge in [0.1, 0.15) is 0 Å². The first kappa shape index (κ1) is 17.7. The quantitative estimate of drug-likeness (QED) is 0.327. The average Bonchev–Trinajstić information content (AvgIpc) is 3.40. The van der Waals surface area contributed by atoms with Crippen LogP contribution in [0.1, 0.15) is 16.7 Å². The van der Waals surface area contributed by atoms with Crippen molar-refractivity contribution in [3.05, 3.63) is 126 Å².